The Morgan fingerprint density at radius 3 is 2.75 bits per heavy atom. The second-order valence-electron chi connectivity index (χ2n) is 5.52. The summed E-state index contributed by atoms with van der Waals surface area (Å²) >= 11 is 0. The smallest absolute Gasteiger partial charge is 0.307 e. The number of esters is 1. The lowest BCUT2D eigenvalue weighted by Gasteiger charge is -2.26. The van der Waals surface area contributed by atoms with E-state index >= 15 is 0 Å². The number of ether oxygens (including phenoxy) is 2. The van der Waals surface area contributed by atoms with Crippen molar-refractivity contribution in [3.05, 3.63) is 0 Å². The number of amides is 1. The highest BCUT2D eigenvalue weighted by Crippen LogP contribution is 2.16. The highest BCUT2D eigenvalue weighted by Gasteiger charge is 2.23. The van der Waals surface area contributed by atoms with Crippen molar-refractivity contribution in [2.45, 2.75) is 52.1 Å². The molecule has 0 spiro atoms. The summed E-state index contributed by atoms with van der Waals surface area (Å²) in [6, 6.07) is 0. The molecule has 0 aliphatic carbocycles. The number of carbonyl (C=O) groups excluding carboxylic acids is 2. The van der Waals surface area contributed by atoms with Crippen molar-refractivity contribution in [3.8, 4) is 0 Å². The van der Waals surface area contributed by atoms with E-state index in [1.54, 1.807) is 4.90 Å². The predicted octanol–water partition coefficient (Wildman–Crippen LogP) is 1.99. The van der Waals surface area contributed by atoms with Crippen LogP contribution in [0.2, 0.25) is 0 Å². The fraction of sp³-hybridized carbons (Fsp3) is 0.867. The van der Waals surface area contributed by atoms with Crippen molar-refractivity contribution in [3.63, 3.8) is 0 Å². The van der Waals surface area contributed by atoms with Crippen LogP contribution < -0.4 is 0 Å². The van der Waals surface area contributed by atoms with Gasteiger partial charge in [0.25, 0.3) is 0 Å². The number of hydrogen-bond acceptors (Lipinski definition) is 4. The maximum absolute atomic E-state index is 12.3. The molecule has 0 aromatic rings. The lowest BCUT2D eigenvalue weighted by molar-refractivity contribution is -0.142. The molecule has 5 heteroatoms. The van der Waals surface area contributed by atoms with Crippen LogP contribution in [0.15, 0.2) is 0 Å². The first kappa shape index (κ1) is 17.0. The Hall–Kier alpha value is -1.10. The molecular formula is C15H27NO4. The Kier molecular flexibility index (Phi) is 7.59. The van der Waals surface area contributed by atoms with E-state index in [1.165, 1.54) is 7.11 Å². The van der Waals surface area contributed by atoms with Gasteiger partial charge in [-0.2, -0.15) is 0 Å². The molecule has 2 unspecified atom stereocenters. The van der Waals surface area contributed by atoms with Crippen LogP contribution in [-0.4, -0.2) is 49.7 Å². The fourth-order valence-corrected chi connectivity index (χ4v) is 2.25. The molecule has 20 heavy (non-hydrogen) atoms. The van der Waals surface area contributed by atoms with Crippen LogP contribution in [-0.2, 0) is 19.1 Å². The average molecular weight is 285 g/mol. The first-order valence-electron chi connectivity index (χ1n) is 7.53. The zero-order valence-corrected chi connectivity index (χ0v) is 12.9. The second kappa shape index (κ2) is 8.95. The van der Waals surface area contributed by atoms with E-state index in [0.29, 0.717) is 25.4 Å². The van der Waals surface area contributed by atoms with Crippen LogP contribution >= 0.6 is 0 Å². The summed E-state index contributed by atoms with van der Waals surface area (Å²) in [4.78, 5) is 25.3. The largest absolute Gasteiger partial charge is 0.469 e. The van der Waals surface area contributed by atoms with Gasteiger partial charge in [0.15, 0.2) is 0 Å². The summed E-state index contributed by atoms with van der Waals surface area (Å²) in [5.74, 6) is 0.199. The molecule has 1 heterocycles. The zero-order valence-electron chi connectivity index (χ0n) is 12.9. The van der Waals surface area contributed by atoms with E-state index in [9.17, 15) is 9.59 Å². The summed E-state index contributed by atoms with van der Waals surface area (Å²) in [5, 5.41) is 0. The Balaban J connectivity index is 2.52. The SMILES string of the molecule is CCC(C)CC(=O)N(CCC(=O)OC)CC1CCCO1. The fourth-order valence-electron chi connectivity index (χ4n) is 2.25. The highest BCUT2D eigenvalue weighted by molar-refractivity contribution is 5.77. The van der Waals surface area contributed by atoms with E-state index in [-0.39, 0.29) is 24.4 Å². The Bertz CT molecular complexity index is 313. The molecule has 1 aliphatic heterocycles. The van der Waals surface area contributed by atoms with Gasteiger partial charge in [-0.1, -0.05) is 20.3 Å². The van der Waals surface area contributed by atoms with Crippen LogP contribution in [0.5, 0.6) is 0 Å². The Morgan fingerprint density at radius 1 is 1.45 bits per heavy atom. The van der Waals surface area contributed by atoms with Crippen molar-refractivity contribution in [1.29, 1.82) is 0 Å². The molecule has 1 amide bonds. The van der Waals surface area contributed by atoms with Gasteiger partial charge >= 0.3 is 5.97 Å². The quantitative estimate of drug-likeness (QED) is 0.640. The molecule has 0 aromatic carbocycles. The van der Waals surface area contributed by atoms with Gasteiger partial charge in [-0.25, -0.2) is 0 Å². The number of nitrogens with zero attached hydrogens (tertiary/aromatic N) is 1. The summed E-state index contributed by atoms with van der Waals surface area (Å²) in [7, 11) is 1.37. The van der Waals surface area contributed by atoms with Gasteiger partial charge in [0.05, 0.1) is 19.6 Å². The van der Waals surface area contributed by atoms with Gasteiger partial charge < -0.3 is 14.4 Å². The molecule has 0 saturated carbocycles. The van der Waals surface area contributed by atoms with Crippen LogP contribution in [0.25, 0.3) is 0 Å². The monoisotopic (exact) mass is 285 g/mol. The van der Waals surface area contributed by atoms with Crippen LogP contribution in [0.4, 0.5) is 0 Å². The average Bonchev–Trinajstić information content (AvgIpc) is 2.95. The molecule has 0 N–H and O–H groups in total. The number of carbonyl (C=O) groups is 2. The standard InChI is InChI=1S/C15H27NO4/c1-4-12(2)10-14(17)16(8-7-15(18)19-3)11-13-6-5-9-20-13/h12-13H,4-11H2,1-3H3. The minimum Gasteiger partial charge on any atom is -0.469 e. The van der Waals surface area contributed by atoms with Gasteiger partial charge in [-0.15, -0.1) is 0 Å². The lowest BCUT2D eigenvalue weighted by atomic mass is 10.0. The van der Waals surface area contributed by atoms with Gasteiger partial charge in [0.1, 0.15) is 0 Å². The van der Waals surface area contributed by atoms with Crippen molar-refractivity contribution in [2.24, 2.45) is 5.92 Å². The summed E-state index contributed by atoms with van der Waals surface area (Å²) in [6.45, 7) is 5.93. The van der Waals surface area contributed by atoms with Crippen LogP contribution in [0.3, 0.4) is 0 Å². The molecule has 1 aliphatic rings. The molecule has 5 nitrogen and oxygen atoms in total. The molecule has 0 aromatic heterocycles. The molecule has 1 rings (SSSR count). The highest BCUT2D eigenvalue weighted by atomic mass is 16.5. The third-order valence-corrected chi connectivity index (χ3v) is 3.83. The zero-order chi connectivity index (χ0) is 15.0. The topological polar surface area (TPSA) is 55.8 Å². The van der Waals surface area contributed by atoms with E-state index < -0.39 is 0 Å². The third kappa shape index (κ3) is 5.90. The summed E-state index contributed by atoms with van der Waals surface area (Å²) in [6.07, 6.45) is 3.92. The molecule has 0 bridgehead atoms. The number of methoxy groups -OCH3 is 1. The van der Waals surface area contributed by atoms with Crippen molar-refractivity contribution in [2.75, 3.05) is 26.8 Å². The molecule has 0 radical (unpaired) electrons. The van der Waals surface area contributed by atoms with Gasteiger partial charge in [0, 0.05) is 26.1 Å². The molecule has 1 saturated heterocycles. The first-order chi connectivity index (χ1) is 9.56. The molecule has 2 atom stereocenters. The maximum Gasteiger partial charge on any atom is 0.307 e. The van der Waals surface area contributed by atoms with Crippen LogP contribution in [0.1, 0.15) is 46.0 Å². The number of rotatable bonds is 8. The predicted molar refractivity (Wildman–Crippen MR) is 76.3 cm³/mol. The van der Waals surface area contributed by atoms with Gasteiger partial charge in [-0.05, 0) is 18.8 Å². The molecule has 116 valence electrons. The normalized spacial score (nSPS) is 19.6. The van der Waals surface area contributed by atoms with E-state index in [1.807, 2.05) is 0 Å². The Labute approximate surface area is 121 Å². The van der Waals surface area contributed by atoms with E-state index in [2.05, 4.69) is 18.6 Å². The van der Waals surface area contributed by atoms with E-state index in [0.717, 1.165) is 25.9 Å². The van der Waals surface area contributed by atoms with Crippen molar-refractivity contribution >= 4 is 11.9 Å². The Morgan fingerprint density at radius 2 is 2.20 bits per heavy atom. The third-order valence-electron chi connectivity index (χ3n) is 3.83. The van der Waals surface area contributed by atoms with E-state index in [4.69, 9.17) is 4.74 Å². The summed E-state index contributed by atoms with van der Waals surface area (Å²) in [5.41, 5.74) is 0. The molecular weight excluding hydrogens is 258 g/mol. The first-order valence-corrected chi connectivity index (χ1v) is 7.53. The van der Waals surface area contributed by atoms with Gasteiger partial charge in [0.2, 0.25) is 5.91 Å². The van der Waals surface area contributed by atoms with Gasteiger partial charge in [-0.3, -0.25) is 9.59 Å². The molecule has 1 fully saturated rings. The summed E-state index contributed by atoms with van der Waals surface area (Å²) < 4.78 is 10.2. The number of hydrogen-bond donors (Lipinski definition) is 0. The second-order valence-corrected chi connectivity index (χ2v) is 5.52. The lowest BCUT2D eigenvalue weighted by Crippen LogP contribution is -2.39. The van der Waals surface area contributed by atoms with Crippen LogP contribution in [0, 0.1) is 5.92 Å². The van der Waals surface area contributed by atoms with Crippen molar-refractivity contribution in [1.82, 2.24) is 4.90 Å². The minimum absolute atomic E-state index is 0.110. The maximum atomic E-state index is 12.3. The minimum atomic E-state index is -0.279. The van der Waals surface area contributed by atoms with Crippen molar-refractivity contribution < 1.29 is 19.1 Å².